The summed E-state index contributed by atoms with van der Waals surface area (Å²) in [4.78, 5) is 0. The van der Waals surface area contributed by atoms with Crippen molar-refractivity contribution < 1.29 is 14.2 Å². The van der Waals surface area contributed by atoms with Gasteiger partial charge in [-0.15, -0.1) is 0 Å². The third-order valence-electron chi connectivity index (χ3n) is 4.31. The van der Waals surface area contributed by atoms with Gasteiger partial charge in [-0.2, -0.15) is 0 Å². The molecule has 0 heterocycles. The molecule has 0 saturated carbocycles. The Bertz CT molecular complexity index is 749. The maximum Gasteiger partial charge on any atom is 0.130 e. The lowest BCUT2D eigenvalue weighted by atomic mass is 9.84. The van der Waals surface area contributed by atoms with Crippen molar-refractivity contribution in [2.24, 2.45) is 0 Å². The molecule has 3 aromatic carbocycles. The van der Waals surface area contributed by atoms with Gasteiger partial charge in [-0.1, -0.05) is 60.7 Å². The molecule has 0 radical (unpaired) electrons. The fourth-order valence-electron chi connectivity index (χ4n) is 3.13. The molecule has 0 saturated heterocycles. The van der Waals surface area contributed by atoms with E-state index in [0.29, 0.717) is 5.75 Å². The van der Waals surface area contributed by atoms with Crippen LogP contribution in [0.3, 0.4) is 0 Å². The molecule has 0 amide bonds. The van der Waals surface area contributed by atoms with Crippen LogP contribution in [0.25, 0.3) is 0 Å². The molecule has 0 aliphatic rings. The maximum atomic E-state index is 5.69. The molecule has 0 N–H and O–H groups in total. The van der Waals surface area contributed by atoms with Crippen LogP contribution in [0.4, 0.5) is 0 Å². The highest BCUT2D eigenvalue weighted by Crippen LogP contribution is 2.44. The molecule has 0 unspecified atom stereocenters. The highest BCUT2D eigenvalue weighted by molar-refractivity contribution is 5.58. The van der Waals surface area contributed by atoms with Gasteiger partial charge in [0.25, 0.3) is 0 Å². The molecule has 3 heteroatoms. The van der Waals surface area contributed by atoms with Crippen LogP contribution in [-0.4, -0.2) is 21.3 Å². The molecule has 0 spiro atoms. The standard InChI is InChI=1S/C22H22O3/c1-23-18-14-19(24-2)22(20(15-18)25-3)21(16-10-6-4-7-11-16)17-12-8-5-9-13-17/h4-15,21H,1-3H3. The number of benzene rings is 3. The highest BCUT2D eigenvalue weighted by atomic mass is 16.5. The first-order chi connectivity index (χ1) is 12.3. The molecule has 0 aliphatic heterocycles. The van der Waals surface area contributed by atoms with Crippen LogP contribution in [0.15, 0.2) is 72.8 Å². The van der Waals surface area contributed by atoms with Gasteiger partial charge in [0.15, 0.2) is 0 Å². The molecule has 0 bridgehead atoms. The van der Waals surface area contributed by atoms with E-state index in [-0.39, 0.29) is 5.92 Å². The van der Waals surface area contributed by atoms with Crippen molar-refractivity contribution in [3.63, 3.8) is 0 Å². The minimum Gasteiger partial charge on any atom is -0.496 e. The summed E-state index contributed by atoms with van der Waals surface area (Å²) >= 11 is 0. The zero-order valence-electron chi connectivity index (χ0n) is 14.7. The van der Waals surface area contributed by atoms with Crippen molar-refractivity contribution in [2.75, 3.05) is 21.3 Å². The second-order valence-electron chi connectivity index (χ2n) is 5.70. The Hall–Kier alpha value is -2.94. The summed E-state index contributed by atoms with van der Waals surface area (Å²) in [5.41, 5.74) is 3.34. The average Bonchev–Trinajstić information content (AvgIpc) is 2.69. The van der Waals surface area contributed by atoms with Gasteiger partial charge in [0.1, 0.15) is 17.2 Å². The van der Waals surface area contributed by atoms with E-state index in [0.717, 1.165) is 17.1 Å². The molecule has 0 aliphatic carbocycles. The van der Waals surface area contributed by atoms with Crippen LogP contribution in [0.2, 0.25) is 0 Å². The third kappa shape index (κ3) is 3.45. The number of methoxy groups -OCH3 is 3. The van der Waals surface area contributed by atoms with Crippen molar-refractivity contribution in [3.8, 4) is 17.2 Å². The van der Waals surface area contributed by atoms with Gasteiger partial charge >= 0.3 is 0 Å². The smallest absolute Gasteiger partial charge is 0.130 e. The van der Waals surface area contributed by atoms with Crippen LogP contribution < -0.4 is 14.2 Å². The molecule has 0 aromatic heterocycles. The van der Waals surface area contributed by atoms with Crippen molar-refractivity contribution in [3.05, 3.63) is 89.5 Å². The Morgan fingerprint density at radius 1 is 0.600 bits per heavy atom. The minimum atomic E-state index is -0.00166. The first kappa shape index (κ1) is 16.9. The molecule has 0 fully saturated rings. The number of ether oxygens (including phenoxy) is 3. The van der Waals surface area contributed by atoms with Crippen molar-refractivity contribution in [2.45, 2.75) is 5.92 Å². The lowest BCUT2D eigenvalue weighted by Crippen LogP contribution is -2.08. The zero-order chi connectivity index (χ0) is 17.6. The van der Waals surface area contributed by atoms with Crippen molar-refractivity contribution in [1.29, 1.82) is 0 Å². The second kappa shape index (κ2) is 7.75. The van der Waals surface area contributed by atoms with Crippen LogP contribution >= 0.6 is 0 Å². The Labute approximate surface area is 148 Å². The Balaban J connectivity index is 2.27. The van der Waals surface area contributed by atoms with Gasteiger partial charge in [0.05, 0.1) is 21.3 Å². The van der Waals surface area contributed by atoms with Gasteiger partial charge < -0.3 is 14.2 Å². The molecule has 128 valence electrons. The van der Waals surface area contributed by atoms with E-state index < -0.39 is 0 Å². The average molecular weight is 334 g/mol. The summed E-state index contributed by atoms with van der Waals surface area (Å²) in [7, 11) is 4.98. The van der Waals surface area contributed by atoms with Crippen molar-refractivity contribution in [1.82, 2.24) is 0 Å². The highest BCUT2D eigenvalue weighted by Gasteiger charge is 2.25. The van der Waals surface area contributed by atoms with E-state index in [9.17, 15) is 0 Å². The first-order valence-electron chi connectivity index (χ1n) is 8.18. The Morgan fingerprint density at radius 3 is 1.40 bits per heavy atom. The third-order valence-corrected chi connectivity index (χ3v) is 4.31. The van der Waals surface area contributed by atoms with Gasteiger partial charge in [-0.05, 0) is 11.1 Å². The van der Waals surface area contributed by atoms with Crippen LogP contribution in [0.5, 0.6) is 17.2 Å². The van der Waals surface area contributed by atoms with Crippen LogP contribution in [-0.2, 0) is 0 Å². The lowest BCUT2D eigenvalue weighted by molar-refractivity contribution is 0.368. The zero-order valence-corrected chi connectivity index (χ0v) is 14.7. The van der Waals surface area contributed by atoms with E-state index in [1.807, 2.05) is 48.5 Å². The summed E-state index contributed by atoms with van der Waals surface area (Å²) in [5, 5.41) is 0. The van der Waals surface area contributed by atoms with Gasteiger partial charge in [-0.3, -0.25) is 0 Å². The Kier molecular flexibility index (Phi) is 5.24. The topological polar surface area (TPSA) is 27.7 Å². The van der Waals surface area contributed by atoms with Gasteiger partial charge in [-0.25, -0.2) is 0 Å². The molecule has 3 rings (SSSR count). The monoisotopic (exact) mass is 334 g/mol. The van der Waals surface area contributed by atoms with E-state index in [1.165, 1.54) is 11.1 Å². The second-order valence-corrected chi connectivity index (χ2v) is 5.70. The summed E-state index contributed by atoms with van der Waals surface area (Å²) in [6.07, 6.45) is 0. The summed E-state index contributed by atoms with van der Waals surface area (Å²) in [5.74, 6) is 2.19. The van der Waals surface area contributed by atoms with Crippen molar-refractivity contribution >= 4 is 0 Å². The fraction of sp³-hybridized carbons (Fsp3) is 0.182. The summed E-state index contributed by atoms with van der Waals surface area (Å²) in [6, 6.07) is 24.5. The molecular weight excluding hydrogens is 312 g/mol. The van der Waals surface area contributed by atoms with Crippen LogP contribution in [0, 0.1) is 0 Å². The number of hydrogen-bond donors (Lipinski definition) is 0. The quantitative estimate of drug-likeness (QED) is 0.601. The number of rotatable bonds is 6. The summed E-state index contributed by atoms with van der Waals surface area (Å²) < 4.78 is 16.8. The minimum absolute atomic E-state index is 0.00166. The largest absolute Gasteiger partial charge is 0.496 e. The van der Waals surface area contributed by atoms with Gasteiger partial charge in [0, 0.05) is 23.6 Å². The summed E-state index contributed by atoms with van der Waals surface area (Å²) in [6.45, 7) is 0. The predicted molar refractivity (Wildman–Crippen MR) is 99.9 cm³/mol. The van der Waals surface area contributed by atoms with E-state index in [2.05, 4.69) is 24.3 Å². The SMILES string of the molecule is COc1cc(OC)c(C(c2ccccc2)c2ccccc2)c(OC)c1. The maximum absolute atomic E-state index is 5.69. The molecule has 25 heavy (non-hydrogen) atoms. The van der Waals surface area contributed by atoms with Gasteiger partial charge in [0.2, 0.25) is 0 Å². The predicted octanol–water partition coefficient (Wildman–Crippen LogP) is 4.89. The number of hydrogen-bond acceptors (Lipinski definition) is 3. The normalized spacial score (nSPS) is 10.6. The van der Waals surface area contributed by atoms with E-state index in [1.54, 1.807) is 21.3 Å². The molecule has 3 aromatic rings. The molecular formula is C22H22O3. The lowest BCUT2D eigenvalue weighted by Gasteiger charge is -2.24. The Morgan fingerprint density at radius 2 is 1.04 bits per heavy atom. The fourth-order valence-corrected chi connectivity index (χ4v) is 3.13. The van der Waals surface area contributed by atoms with E-state index in [4.69, 9.17) is 14.2 Å². The first-order valence-corrected chi connectivity index (χ1v) is 8.18. The molecule has 0 atom stereocenters. The van der Waals surface area contributed by atoms with E-state index >= 15 is 0 Å². The van der Waals surface area contributed by atoms with Crippen LogP contribution in [0.1, 0.15) is 22.6 Å². The molecule has 3 nitrogen and oxygen atoms in total.